The zero-order valence-corrected chi connectivity index (χ0v) is 7.61. The highest BCUT2D eigenvalue weighted by Gasteiger charge is 1.95. The van der Waals surface area contributed by atoms with Crippen molar-refractivity contribution in [3.8, 4) is 0 Å². The molecule has 0 heterocycles. The summed E-state index contributed by atoms with van der Waals surface area (Å²) in [4.78, 5) is 10.3. The predicted octanol–water partition coefficient (Wildman–Crippen LogP) is 1.89. The van der Waals surface area contributed by atoms with Crippen LogP contribution in [0.25, 0.3) is 0 Å². The predicted molar refractivity (Wildman–Crippen MR) is 44.2 cm³/mol. The van der Waals surface area contributed by atoms with Crippen LogP contribution in [0.3, 0.4) is 0 Å². The van der Waals surface area contributed by atoms with Gasteiger partial charge in [-0.3, -0.25) is 4.79 Å². The van der Waals surface area contributed by atoms with Crippen LogP contribution in [-0.2, 0) is 9.53 Å². The van der Waals surface area contributed by atoms with Crippen LogP contribution in [0.4, 0.5) is 0 Å². The lowest BCUT2D eigenvalue weighted by atomic mass is 10.2. The van der Waals surface area contributed by atoms with Crippen molar-refractivity contribution < 1.29 is 9.53 Å². The molecule has 0 saturated heterocycles. The van der Waals surface area contributed by atoms with Gasteiger partial charge in [-0.05, 0) is 12.0 Å². The lowest BCUT2D eigenvalue weighted by Gasteiger charge is -2.02. The van der Waals surface area contributed by atoms with Gasteiger partial charge < -0.3 is 4.74 Å². The Bertz CT molecular complexity index is 132. The Labute approximate surface area is 69.4 Å². The van der Waals surface area contributed by atoms with Gasteiger partial charge in [-0.1, -0.05) is 22.5 Å². The molecule has 0 aliphatic rings. The van der Waals surface area contributed by atoms with Crippen LogP contribution in [-0.4, -0.2) is 17.9 Å². The van der Waals surface area contributed by atoms with E-state index in [0.717, 1.165) is 17.3 Å². The van der Waals surface area contributed by atoms with Gasteiger partial charge in [-0.15, -0.1) is 0 Å². The van der Waals surface area contributed by atoms with Crippen LogP contribution >= 0.6 is 15.9 Å². The van der Waals surface area contributed by atoms with Crippen molar-refractivity contribution in [2.45, 2.75) is 13.3 Å². The second kappa shape index (κ2) is 5.47. The monoisotopic (exact) mass is 206 g/mol. The zero-order valence-electron chi connectivity index (χ0n) is 6.02. The summed E-state index contributed by atoms with van der Waals surface area (Å²) in [6, 6.07) is 0. The first kappa shape index (κ1) is 9.69. The molecule has 0 aromatic carbocycles. The van der Waals surface area contributed by atoms with Crippen molar-refractivity contribution in [2.24, 2.45) is 0 Å². The summed E-state index contributed by atoms with van der Waals surface area (Å²) < 4.78 is 4.70. The standard InChI is InChI=1S/C7H11BrO2/c1-6(3-4-8)5-10-7(2)9/h1,3-5H2,2H3. The number of halogens is 1. The van der Waals surface area contributed by atoms with Gasteiger partial charge in [-0.25, -0.2) is 0 Å². The van der Waals surface area contributed by atoms with Gasteiger partial charge in [0.05, 0.1) is 0 Å². The zero-order chi connectivity index (χ0) is 7.98. The number of hydrogen-bond acceptors (Lipinski definition) is 2. The number of carbonyl (C=O) groups is 1. The lowest BCUT2D eigenvalue weighted by Crippen LogP contribution is -2.02. The number of esters is 1. The molecule has 0 aromatic heterocycles. The normalized spacial score (nSPS) is 9.00. The van der Waals surface area contributed by atoms with Gasteiger partial charge in [0.1, 0.15) is 6.61 Å². The third kappa shape index (κ3) is 5.82. The topological polar surface area (TPSA) is 26.3 Å². The highest BCUT2D eigenvalue weighted by Crippen LogP contribution is 2.00. The lowest BCUT2D eigenvalue weighted by molar-refractivity contribution is -0.140. The summed E-state index contributed by atoms with van der Waals surface area (Å²) in [6.07, 6.45) is 0.854. The van der Waals surface area contributed by atoms with E-state index < -0.39 is 0 Å². The average molecular weight is 207 g/mol. The molecule has 0 amide bonds. The van der Waals surface area contributed by atoms with Crippen LogP contribution in [0.5, 0.6) is 0 Å². The Balaban J connectivity index is 3.30. The number of alkyl halides is 1. The van der Waals surface area contributed by atoms with E-state index in [2.05, 4.69) is 22.5 Å². The molecule has 0 atom stereocenters. The average Bonchev–Trinajstić information content (AvgIpc) is 1.85. The molecule has 0 aromatic rings. The number of carbonyl (C=O) groups excluding carboxylic acids is 1. The van der Waals surface area contributed by atoms with Gasteiger partial charge in [0.2, 0.25) is 0 Å². The summed E-state index contributed by atoms with van der Waals surface area (Å²) in [5.41, 5.74) is 0.937. The smallest absolute Gasteiger partial charge is 0.302 e. The first-order chi connectivity index (χ1) is 4.66. The molecule has 0 radical (unpaired) electrons. The van der Waals surface area contributed by atoms with E-state index in [9.17, 15) is 4.79 Å². The number of hydrogen-bond donors (Lipinski definition) is 0. The molecule has 3 heteroatoms. The van der Waals surface area contributed by atoms with E-state index in [1.165, 1.54) is 6.92 Å². The summed E-state index contributed by atoms with van der Waals surface area (Å²) >= 11 is 3.26. The maximum absolute atomic E-state index is 10.3. The summed E-state index contributed by atoms with van der Waals surface area (Å²) in [5, 5.41) is 0.868. The molecule has 58 valence electrons. The van der Waals surface area contributed by atoms with Gasteiger partial charge in [-0.2, -0.15) is 0 Å². The minimum Gasteiger partial charge on any atom is -0.461 e. The Hall–Kier alpha value is -0.310. The van der Waals surface area contributed by atoms with E-state index in [0.29, 0.717) is 6.61 Å². The quantitative estimate of drug-likeness (QED) is 0.399. The molecule has 0 saturated carbocycles. The first-order valence-electron chi connectivity index (χ1n) is 3.02. The van der Waals surface area contributed by atoms with Crippen LogP contribution in [0.2, 0.25) is 0 Å². The van der Waals surface area contributed by atoms with Crippen molar-refractivity contribution in [1.29, 1.82) is 0 Å². The molecule has 0 N–H and O–H groups in total. The molecule has 0 unspecified atom stereocenters. The van der Waals surface area contributed by atoms with Crippen LogP contribution in [0, 0.1) is 0 Å². The second-order valence-corrected chi connectivity index (χ2v) is 2.76. The van der Waals surface area contributed by atoms with Crippen molar-refractivity contribution in [3.05, 3.63) is 12.2 Å². The highest BCUT2D eigenvalue weighted by molar-refractivity contribution is 9.09. The fourth-order valence-corrected chi connectivity index (χ4v) is 0.970. The molecular formula is C7H11BrO2. The summed E-state index contributed by atoms with van der Waals surface area (Å²) in [5.74, 6) is -0.254. The second-order valence-electron chi connectivity index (χ2n) is 1.97. The van der Waals surface area contributed by atoms with Crippen LogP contribution in [0.15, 0.2) is 12.2 Å². The molecule has 0 aliphatic carbocycles. The first-order valence-corrected chi connectivity index (χ1v) is 4.15. The molecule has 0 spiro atoms. The van der Waals surface area contributed by atoms with Crippen LogP contribution in [0.1, 0.15) is 13.3 Å². The Morgan fingerprint density at radius 1 is 1.70 bits per heavy atom. The Kier molecular flexibility index (Phi) is 5.30. The molecular weight excluding hydrogens is 196 g/mol. The largest absolute Gasteiger partial charge is 0.461 e. The SMILES string of the molecule is C=C(CCBr)COC(C)=O. The van der Waals surface area contributed by atoms with Crippen molar-refractivity contribution in [3.63, 3.8) is 0 Å². The molecule has 10 heavy (non-hydrogen) atoms. The third-order valence-corrected chi connectivity index (χ3v) is 1.32. The van der Waals surface area contributed by atoms with Crippen molar-refractivity contribution in [2.75, 3.05) is 11.9 Å². The van der Waals surface area contributed by atoms with Gasteiger partial charge >= 0.3 is 5.97 Å². The van der Waals surface area contributed by atoms with E-state index in [-0.39, 0.29) is 5.97 Å². The summed E-state index contributed by atoms with van der Waals surface area (Å²) in [6.45, 7) is 5.45. The third-order valence-electron chi connectivity index (χ3n) is 0.928. The highest BCUT2D eigenvalue weighted by atomic mass is 79.9. The minimum atomic E-state index is -0.254. The van der Waals surface area contributed by atoms with E-state index in [4.69, 9.17) is 4.74 Å². The maximum Gasteiger partial charge on any atom is 0.302 e. The molecule has 0 bridgehead atoms. The molecule has 0 fully saturated rings. The summed E-state index contributed by atoms with van der Waals surface area (Å²) in [7, 11) is 0. The van der Waals surface area contributed by atoms with E-state index >= 15 is 0 Å². The van der Waals surface area contributed by atoms with E-state index in [1.54, 1.807) is 0 Å². The van der Waals surface area contributed by atoms with Crippen LogP contribution < -0.4 is 0 Å². The van der Waals surface area contributed by atoms with Gasteiger partial charge in [0.25, 0.3) is 0 Å². The Morgan fingerprint density at radius 2 is 2.30 bits per heavy atom. The minimum absolute atomic E-state index is 0.254. The number of rotatable bonds is 4. The van der Waals surface area contributed by atoms with Crippen molar-refractivity contribution in [1.82, 2.24) is 0 Å². The fourth-order valence-electron chi connectivity index (χ4n) is 0.409. The maximum atomic E-state index is 10.3. The van der Waals surface area contributed by atoms with Crippen molar-refractivity contribution >= 4 is 21.9 Å². The Morgan fingerprint density at radius 3 is 2.70 bits per heavy atom. The van der Waals surface area contributed by atoms with E-state index in [1.807, 2.05) is 0 Å². The molecule has 0 rings (SSSR count). The fraction of sp³-hybridized carbons (Fsp3) is 0.571. The molecule has 2 nitrogen and oxygen atoms in total. The van der Waals surface area contributed by atoms with Gasteiger partial charge in [0.15, 0.2) is 0 Å². The van der Waals surface area contributed by atoms with Gasteiger partial charge in [0, 0.05) is 12.3 Å². The molecule has 0 aliphatic heterocycles. The number of ether oxygens (including phenoxy) is 1.